The molecule has 0 heterocycles. The van der Waals surface area contributed by atoms with Crippen molar-refractivity contribution in [3.63, 3.8) is 0 Å². The van der Waals surface area contributed by atoms with E-state index in [2.05, 4.69) is 106 Å². The van der Waals surface area contributed by atoms with E-state index in [4.69, 9.17) is 14.2 Å². The molecule has 0 radical (unpaired) electrons. The van der Waals surface area contributed by atoms with E-state index in [-0.39, 0.29) is 31.1 Å². The van der Waals surface area contributed by atoms with Crippen molar-refractivity contribution in [2.24, 2.45) is 0 Å². The maximum absolute atomic E-state index is 12.9. The molecule has 0 rings (SSSR count). The monoisotopic (exact) mass is 1100 g/mol. The molecule has 0 aromatic rings. The highest BCUT2D eigenvalue weighted by atomic mass is 16.6. The van der Waals surface area contributed by atoms with Crippen molar-refractivity contribution in [1.29, 1.82) is 0 Å². The molecule has 0 amide bonds. The minimum atomic E-state index is -0.783. The Kier molecular flexibility index (Phi) is 64.2. The zero-order chi connectivity index (χ0) is 57.1. The smallest absolute Gasteiger partial charge is 0.306 e. The number of unbranched alkanes of at least 4 members (excludes halogenated alkanes) is 37. The topological polar surface area (TPSA) is 78.9 Å². The van der Waals surface area contributed by atoms with E-state index in [9.17, 15) is 14.4 Å². The van der Waals surface area contributed by atoms with Crippen molar-refractivity contribution in [3.05, 3.63) is 85.1 Å². The lowest BCUT2D eigenvalue weighted by atomic mass is 10.0. The number of rotatable bonds is 62. The van der Waals surface area contributed by atoms with Crippen molar-refractivity contribution in [1.82, 2.24) is 0 Å². The molecule has 0 aliphatic heterocycles. The Morgan fingerprint density at radius 3 is 0.810 bits per heavy atom. The third-order valence-corrected chi connectivity index (χ3v) is 14.9. The first-order valence-corrected chi connectivity index (χ1v) is 34.1. The van der Waals surface area contributed by atoms with Crippen molar-refractivity contribution in [3.8, 4) is 0 Å². The van der Waals surface area contributed by atoms with Crippen LogP contribution in [-0.4, -0.2) is 37.2 Å². The van der Waals surface area contributed by atoms with Crippen molar-refractivity contribution < 1.29 is 28.6 Å². The molecule has 0 spiro atoms. The van der Waals surface area contributed by atoms with Crippen LogP contribution in [-0.2, 0) is 28.6 Å². The van der Waals surface area contributed by atoms with Crippen LogP contribution in [0.4, 0.5) is 0 Å². The molecule has 0 aliphatic carbocycles. The molecule has 1 atom stereocenters. The fraction of sp³-hybridized carbons (Fsp3) is 0.767. The maximum atomic E-state index is 12.9. The quantitative estimate of drug-likeness (QED) is 0.0261. The zero-order valence-corrected chi connectivity index (χ0v) is 52.4. The summed E-state index contributed by atoms with van der Waals surface area (Å²) in [5.41, 5.74) is 0. The van der Waals surface area contributed by atoms with E-state index in [1.165, 1.54) is 193 Å². The lowest BCUT2D eigenvalue weighted by Crippen LogP contribution is -2.30. The first-order valence-electron chi connectivity index (χ1n) is 34.1. The van der Waals surface area contributed by atoms with E-state index >= 15 is 0 Å². The summed E-state index contributed by atoms with van der Waals surface area (Å²) in [5.74, 6) is -0.880. The maximum Gasteiger partial charge on any atom is 0.306 e. The van der Waals surface area contributed by atoms with Crippen molar-refractivity contribution >= 4 is 17.9 Å². The Labute approximate surface area is 490 Å². The minimum Gasteiger partial charge on any atom is -0.462 e. The van der Waals surface area contributed by atoms with Gasteiger partial charge in [-0.25, -0.2) is 0 Å². The first kappa shape index (κ1) is 75.6. The van der Waals surface area contributed by atoms with Gasteiger partial charge in [0, 0.05) is 19.3 Å². The van der Waals surface area contributed by atoms with Gasteiger partial charge in [-0.15, -0.1) is 0 Å². The predicted molar refractivity (Wildman–Crippen MR) is 344 cm³/mol. The highest BCUT2D eigenvalue weighted by Crippen LogP contribution is 2.17. The van der Waals surface area contributed by atoms with Gasteiger partial charge in [0.2, 0.25) is 0 Å². The number of carbonyl (C=O) groups is 3. The Hall–Kier alpha value is -3.41. The van der Waals surface area contributed by atoms with Crippen LogP contribution in [0.2, 0.25) is 0 Å². The molecule has 0 bridgehead atoms. The second-order valence-electron chi connectivity index (χ2n) is 22.7. The van der Waals surface area contributed by atoms with Crippen LogP contribution in [0.5, 0.6) is 0 Å². The summed E-state index contributed by atoms with van der Waals surface area (Å²) in [6.07, 6.45) is 88.9. The SMILES string of the molecule is CC/C=C\C/C=C\C/C=C\C/C=C\C/C=C\C/C=C\CCCCCCCCCCC(=O)OCC(COC(=O)CCCCCCC/C=C\CCCCC)OC(=O)CCCCCCCCCCCCCCCCCCCCCCCC. The number of hydrogen-bond acceptors (Lipinski definition) is 6. The Morgan fingerprint density at radius 1 is 0.266 bits per heavy atom. The lowest BCUT2D eigenvalue weighted by molar-refractivity contribution is -0.167. The molecule has 6 heteroatoms. The van der Waals surface area contributed by atoms with E-state index in [0.717, 1.165) is 109 Å². The predicted octanol–water partition coefficient (Wildman–Crippen LogP) is 23.4. The molecule has 79 heavy (non-hydrogen) atoms. The van der Waals surface area contributed by atoms with Gasteiger partial charge in [0.15, 0.2) is 6.10 Å². The second kappa shape index (κ2) is 67.1. The summed E-state index contributed by atoms with van der Waals surface area (Å²) in [7, 11) is 0. The average Bonchev–Trinajstić information content (AvgIpc) is 3.45. The summed E-state index contributed by atoms with van der Waals surface area (Å²) >= 11 is 0. The average molecular weight is 1100 g/mol. The molecule has 6 nitrogen and oxygen atoms in total. The van der Waals surface area contributed by atoms with Gasteiger partial charge >= 0.3 is 17.9 Å². The van der Waals surface area contributed by atoms with Crippen molar-refractivity contribution in [2.45, 2.75) is 348 Å². The van der Waals surface area contributed by atoms with Gasteiger partial charge in [-0.3, -0.25) is 14.4 Å². The number of carbonyl (C=O) groups excluding carboxylic acids is 3. The molecule has 0 aliphatic rings. The highest BCUT2D eigenvalue weighted by Gasteiger charge is 2.19. The Bertz CT molecular complexity index is 1500. The van der Waals surface area contributed by atoms with E-state index in [1.807, 2.05) is 0 Å². The van der Waals surface area contributed by atoms with Crippen LogP contribution < -0.4 is 0 Å². The molecule has 0 saturated carbocycles. The summed E-state index contributed by atoms with van der Waals surface area (Å²) in [4.78, 5) is 38.4. The van der Waals surface area contributed by atoms with Gasteiger partial charge in [-0.05, 0) is 96.3 Å². The largest absolute Gasteiger partial charge is 0.462 e. The van der Waals surface area contributed by atoms with Gasteiger partial charge in [0.1, 0.15) is 13.2 Å². The molecular weight excluding hydrogens is 973 g/mol. The third kappa shape index (κ3) is 65.3. The van der Waals surface area contributed by atoms with E-state index in [1.54, 1.807) is 0 Å². The Morgan fingerprint density at radius 2 is 0.494 bits per heavy atom. The standard InChI is InChI=1S/C73H128O6/c1-4-7-10-13-16-19-22-25-27-29-31-33-35-36-37-38-39-41-42-44-46-48-51-54-57-60-63-66-72(75)78-69-70(68-77-71(74)65-62-59-56-53-50-24-21-18-15-12-9-6-3)79-73(76)67-64-61-58-55-52-49-47-45-43-40-34-32-30-28-26-23-20-17-14-11-8-5-2/h7,10,16,18-19,21,25,27,31,33,36-37,39,41,70H,4-6,8-9,11-15,17,20,22-24,26,28-30,32,34-35,38,40,42-69H2,1-3H3/b10-7-,19-16-,21-18-,27-25-,33-31-,37-36-,41-39-. The highest BCUT2D eigenvalue weighted by molar-refractivity contribution is 5.71. The number of esters is 3. The summed E-state index contributed by atoms with van der Waals surface area (Å²) in [6.45, 7) is 6.53. The second-order valence-corrected chi connectivity index (χ2v) is 22.7. The minimum absolute atomic E-state index is 0.0802. The summed E-state index contributed by atoms with van der Waals surface area (Å²) in [5, 5.41) is 0. The molecule has 456 valence electrons. The molecular formula is C73H128O6. The zero-order valence-electron chi connectivity index (χ0n) is 52.4. The normalized spacial score (nSPS) is 12.6. The van der Waals surface area contributed by atoms with Crippen LogP contribution in [0.25, 0.3) is 0 Å². The van der Waals surface area contributed by atoms with Gasteiger partial charge in [-0.1, -0.05) is 311 Å². The van der Waals surface area contributed by atoms with Gasteiger partial charge in [0.05, 0.1) is 0 Å². The van der Waals surface area contributed by atoms with E-state index < -0.39 is 6.10 Å². The van der Waals surface area contributed by atoms with Crippen LogP contribution in [0.15, 0.2) is 85.1 Å². The molecule has 0 aromatic carbocycles. The van der Waals surface area contributed by atoms with Gasteiger partial charge in [0.25, 0.3) is 0 Å². The van der Waals surface area contributed by atoms with Crippen molar-refractivity contribution in [2.75, 3.05) is 13.2 Å². The van der Waals surface area contributed by atoms with Gasteiger partial charge in [-0.2, -0.15) is 0 Å². The number of hydrogen-bond donors (Lipinski definition) is 0. The fourth-order valence-corrected chi connectivity index (χ4v) is 9.80. The Balaban J connectivity index is 4.28. The molecule has 0 N–H and O–H groups in total. The fourth-order valence-electron chi connectivity index (χ4n) is 9.80. The molecule has 1 unspecified atom stereocenters. The summed E-state index contributed by atoms with van der Waals surface area (Å²) in [6, 6.07) is 0. The summed E-state index contributed by atoms with van der Waals surface area (Å²) < 4.78 is 16.9. The number of ether oxygens (including phenoxy) is 3. The third-order valence-electron chi connectivity index (χ3n) is 14.9. The molecule has 0 saturated heterocycles. The van der Waals surface area contributed by atoms with Crippen LogP contribution in [0.3, 0.4) is 0 Å². The molecule has 0 fully saturated rings. The van der Waals surface area contributed by atoms with Gasteiger partial charge < -0.3 is 14.2 Å². The number of allylic oxidation sites excluding steroid dienone is 14. The molecule has 0 aromatic heterocycles. The van der Waals surface area contributed by atoms with Crippen LogP contribution >= 0.6 is 0 Å². The lowest BCUT2D eigenvalue weighted by Gasteiger charge is -2.18. The van der Waals surface area contributed by atoms with Crippen LogP contribution in [0.1, 0.15) is 342 Å². The van der Waals surface area contributed by atoms with Crippen LogP contribution in [0, 0.1) is 0 Å². The first-order chi connectivity index (χ1) is 39.0. The van der Waals surface area contributed by atoms with E-state index in [0.29, 0.717) is 19.3 Å².